The van der Waals surface area contributed by atoms with Gasteiger partial charge in [-0.1, -0.05) is 19.9 Å². The second-order valence-corrected chi connectivity index (χ2v) is 5.34. The maximum Gasteiger partial charge on any atom is 0.222 e. The SMILES string of the molecule is CN=C(NCCNC(=O)C(C)C)NCc1nnc2ccccn12.I. The first-order chi connectivity index (χ1) is 11.1. The molecule has 9 heteroatoms. The summed E-state index contributed by atoms with van der Waals surface area (Å²) >= 11 is 0. The molecule has 0 fully saturated rings. The van der Waals surface area contributed by atoms with E-state index in [0.29, 0.717) is 25.6 Å². The van der Waals surface area contributed by atoms with Crippen molar-refractivity contribution in [1.29, 1.82) is 0 Å². The van der Waals surface area contributed by atoms with Crippen LogP contribution in [0.15, 0.2) is 29.4 Å². The average Bonchev–Trinajstić information content (AvgIpc) is 2.97. The Morgan fingerprint density at radius 3 is 2.67 bits per heavy atom. The zero-order valence-electron chi connectivity index (χ0n) is 14.1. The molecule has 0 radical (unpaired) electrons. The van der Waals surface area contributed by atoms with Gasteiger partial charge in [-0.3, -0.25) is 14.2 Å². The van der Waals surface area contributed by atoms with Gasteiger partial charge in [0.05, 0.1) is 6.54 Å². The summed E-state index contributed by atoms with van der Waals surface area (Å²) < 4.78 is 1.92. The fourth-order valence-electron chi connectivity index (χ4n) is 1.97. The second kappa shape index (κ2) is 10.1. The number of carbonyl (C=O) groups excluding carboxylic acids is 1. The molecule has 8 nitrogen and oxygen atoms in total. The first-order valence-corrected chi connectivity index (χ1v) is 7.62. The molecule has 0 saturated carbocycles. The third-order valence-corrected chi connectivity index (χ3v) is 3.26. The zero-order valence-corrected chi connectivity index (χ0v) is 16.4. The lowest BCUT2D eigenvalue weighted by atomic mass is 10.2. The van der Waals surface area contributed by atoms with E-state index in [1.165, 1.54) is 0 Å². The minimum Gasteiger partial charge on any atom is -0.355 e. The molecule has 0 aliphatic rings. The molecule has 1 amide bonds. The molecule has 0 saturated heterocycles. The number of hydrogen-bond acceptors (Lipinski definition) is 4. The summed E-state index contributed by atoms with van der Waals surface area (Å²) in [7, 11) is 1.70. The first kappa shape index (κ1) is 20.1. The highest BCUT2D eigenvalue weighted by molar-refractivity contribution is 14.0. The number of nitrogens with one attached hydrogen (secondary N) is 3. The lowest BCUT2D eigenvalue weighted by Gasteiger charge is -2.12. The number of carbonyl (C=O) groups is 1. The summed E-state index contributed by atoms with van der Waals surface area (Å²) in [5, 5.41) is 17.4. The van der Waals surface area contributed by atoms with E-state index in [-0.39, 0.29) is 35.8 Å². The predicted octanol–water partition coefficient (Wildman–Crippen LogP) is 0.784. The number of amides is 1. The van der Waals surface area contributed by atoms with Crippen LogP contribution >= 0.6 is 24.0 Å². The average molecular weight is 445 g/mol. The van der Waals surface area contributed by atoms with Crippen molar-refractivity contribution in [3.8, 4) is 0 Å². The van der Waals surface area contributed by atoms with Gasteiger partial charge in [-0.25, -0.2) is 0 Å². The van der Waals surface area contributed by atoms with Gasteiger partial charge in [0.25, 0.3) is 0 Å². The number of rotatable bonds is 6. The maximum atomic E-state index is 11.5. The molecule has 0 unspecified atom stereocenters. The largest absolute Gasteiger partial charge is 0.355 e. The molecule has 24 heavy (non-hydrogen) atoms. The van der Waals surface area contributed by atoms with Crippen LogP contribution in [0.25, 0.3) is 5.65 Å². The van der Waals surface area contributed by atoms with Gasteiger partial charge < -0.3 is 16.0 Å². The number of pyridine rings is 1. The molecule has 2 aromatic rings. The number of nitrogens with zero attached hydrogens (tertiary/aromatic N) is 4. The molecule has 0 bridgehead atoms. The van der Waals surface area contributed by atoms with Crippen molar-refractivity contribution in [2.45, 2.75) is 20.4 Å². The Morgan fingerprint density at radius 2 is 1.96 bits per heavy atom. The van der Waals surface area contributed by atoms with Crippen molar-refractivity contribution in [3.63, 3.8) is 0 Å². The van der Waals surface area contributed by atoms with Crippen LogP contribution in [-0.2, 0) is 11.3 Å². The normalized spacial score (nSPS) is 11.2. The number of hydrogen-bond donors (Lipinski definition) is 3. The van der Waals surface area contributed by atoms with Crippen molar-refractivity contribution in [1.82, 2.24) is 30.5 Å². The van der Waals surface area contributed by atoms with Gasteiger partial charge in [-0.15, -0.1) is 34.2 Å². The van der Waals surface area contributed by atoms with Gasteiger partial charge in [0.1, 0.15) is 0 Å². The third-order valence-electron chi connectivity index (χ3n) is 3.26. The van der Waals surface area contributed by atoms with E-state index in [9.17, 15) is 4.79 Å². The van der Waals surface area contributed by atoms with E-state index in [4.69, 9.17) is 0 Å². The number of aliphatic imine (C=N–C) groups is 1. The van der Waals surface area contributed by atoms with Crippen LogP contribution in [0.4, 0.5) is 0 Å². The predicted molar refractivity (Wildman–Crippen MR) is 104 cm³/mol. The number of halogens is 1. The Bertz CT molecular complexity index is 683. The number of aromatic nitrogens is 3. The van der Waals surface area contributed by atoms with Gasteiger partial charge in [-0.05, 0) is 12.1 Å². The van der Waals surface area contributed by atoms with Crippen molar-refractivity contribution in [2.75, 3.05) is 20.1 Å². The zero-order chi connectivity index (χ0) is 16.7. The fourth-order valence-corrected chi connectivity index (χ4v) is 1.97. The maximum absolute atomic E-state index is 11.5. The summed E-state index contributed by atoms with van der Waals surface area (Å²) in [6, 6.07) is 5.76. The Morgan fingerprint density at radius 1 is 1.21 bits per heavy atom. The van der Waals surface area contributed by atoms with E-state index >= 15 is 0 Å². The van der Waals surface area contributed by atoms with Crippen LogP contribution in [0.3, 0.4) is 0 Å². The summed E-state index contributed by atoms with van der Waals surface area (Å²) in [5.74, 6) is 1.49. The molecule has 2 aromatic heterocycles. The van der Waals surface area contributed by atoms with E-state index < -0.39 is 0 Å². The van der Waals surface area contributed by atoms with E-state index in [0.717, 1.165) is 11.5 Å². The van der Waals surface area contributed by atoms with Crippen molar-refractivity contribution >= 4 is 41.5 Å². The van der Waals surface area contributed by atoms with E-state index in [1.54, 1.807) is 7.05 Å². The lowest BCUT2D eigenvalue weighted by molar-refractivity contribution is -0.123. The van der Waals surface area contributed by atoms with E-state index in [1.807, 2.05) is 42.6 Å². The fraction of sp³-hybridized carbons (Fsp3) is 0.467. The van der Waals surface area contributed by atoms with E-state index in [2.05, 4.69) is 31.1 Å². The van der Waals surface area contributed by atoms with Crippen LogP contribution in [-0.4, -0.2) is 46.6 Å². The molecule has 2 rings (SSSR count). The lowest BCUT2D eigenvalue weighted by Crippen LogP contribution is -2.42. The molecular weight excluding hydrogens is 421 g/mol. The van der Waals surface area contributed by atoms with Crippen LogP contribution in [0.5, 0.6) is 0 Å². The summed E-state index contributed by atoms with van der Waals surface area (Å²) in [4.78, 5) is 15.6. The van der Waals surface area contributed by atoms with Gasteiger partial charge in [0.15, 0.2) is 17.4 Å². The van der Waals surface area contributed by atoms with Crippen molar-refractivity contribution < 1.29 is 4.79 Å². The minimum absolute atomic E-state index is 0. The Kier molecular flexibility index (Phi) is 8.44. The van der Waals surface area contributed by atoms with Crippen LogP contribution in [0.2, 0.25) is 0 Å². The molecule has 0 aliphatic heterocycles. The smallest absolute Gasteiger partial charge is 0.222 e. The highest BCUT2D eigenvalue weighted by atomic mass is 127. The summed E-state index contributed by atoms with van der Waals surface area (Å²) in [6.45, 7) is 5.38. The molecule has 2 heterocycles. The molecule has 0 atom stereocenters. The monoisotopic (exact) mass is 445 g/mol. The minimum atomic E-state index is -0.00587. The Labute approximate surface area is 158 Å². The topological polar surface area (TPSA) is 95.7 Å². The molecule has 0 spiro atoms. The summed E-state index contributed by atoms with van der Waals surface area (Å²) in [5.41, 5.74) is 0.809. The van der Waals surface area contributed by atoms with Crippen molar-refractivity contribution in [3.05, 3.63) is 30.2 Å². The van der Waals surface area contributed by atoms with Gasteiger partial charge >= 0.3 is 0 Å². The van der Waals surface area contributed by atoms with Crippen LogP contribution < -0.4 is 16.0 Å². The Balaban J connectivity index is 0.00000288. The van der Waals surface area contributed by atoms with Crippen molar-refractivity contribution in [2.24, 2.45) is 10.9 Å². The first-order valence-electron chi connectivity index (χ1n) is 7.62. The molecular formula is C15H24IN7O. The quantitative estimate of drug-likeness (QED) is 0.265. The van der Waals surface area contributed by atoms with Gasteiger partial charge in [-0.2, -0.15) is 0 Å². The second-order valence-electron chi connectivity index (χ2n) is 5.34. The number of guanidine groups is 1. The Hall–Kier alpha value is -1.91. The molecule has 132 valence electrons. The molecule has 0 aromatic carbocycles. The highest BCUT2D eigenvalue weighted by Gasteiger charge is 2.07. The van der Waals surface area contributed by atoms with Crippen LogP contribution in [0.1, 0.15) is 19.7 Å². The summed E-state index contributed by atoms with van der Waals surface area (Å²) in [6.07, 6.45) is 1.92. The number of fused-ring (bicyclic) bond motifs is 1. The third kappa shape index (κ3) is 5.62. The highest BCUT2D eigenvalue weighted by Crippen LogP contribution is 2.01. The van der Waals surface area contributed by atoms with Crippen LogP contribution in [0, 0.1) is 5.92 Å². The van der Waals surface area contributed by atoms with Gasteiger partial charge in [0, 0.05) is 32.3 Å². The standard InChI is InChI=1S/C15H23N7O.HI/c1-11(2)14(23)17-7-8-18-15(16-3)19-10-13-21-20-12-6-4-5-9-22(12)13;/h4-6,9,11H,7-8,10H2,1-3H3,(H,17,23)(H2,16,18,19);1H. The van der Waals surface area contributed by atoms with Gasteiger partial charge in [0.2, 0.25) is 5.91 Å². The molecule has 0 aliphatic carbocycles. The molecule has 3 N–H and O–H groups in total.